The Morgan fingerprint density at radius 2 is 2.06 bits per heavy atom. The summed E-state index contributed by atoms with van der Waals surface area (Å²) < 4.78 is 0. The number of nitrogens with one attached hydrogen (secondary N) is 1. The number of amides is 1. The van der Waals surface area contributed by atoms with E-state index in [4.69, 9.17) is 16.7 Å². The molecule has 0 aliphatic carbocycles. The van der Waals surface area contributed by atoms with E-state index in [1.54, 1.807) is 25.1 Å². The first-order valence-electron chi connectivity index (χ1n) is 5.25. The van der Waals surface area contributed by atoms with E-state index in [0.717, 1.165) is 6.92 Å². The fourth-order valence-electron chi connectivity index (χ4n) is 1.28. The number of carboxylic acid groups (broad SMARTS) is 1. The molecule has 0 saturated carbocycles. The number of carboxylic acids is 1. The minimum absolute atomic E-state index is 0.351. The second-order valence-corrected chi connectivity index (χ2v) is 4.58. The molecule has 98 valence electrons. The molecule has 6 heteroatoms. The van der Waals surface area contributed by atoms with Gasteiger partial charge in [-0.1, -0.05) is 17.7 Å². The summed E-state index contributed by atoms with van der Waals surface area (Å²) in [6, 6.07) is 4.85. The lowest BCUT2D eigenvalue weighted by molar-refractivity contribution is -0.155. The Bertz CT molecular complexity index is 485. The van der Waals surface area contributed by atoms with Crippen molar-refractivity contribution < 1.29 is 19.8 Å². The Kier molecular flexibility index (Phi) is 4.32. The highest BCUT2D eigenvalue weighted by atomic mass is 35.5. The van der Waals surface area contributed by atoms with Gasteiger partial charge in [-0.25, -0.2) is 4.79 Å². The maximum atomic E-state index is 11.8. The molecule has 1 rings (SSSR count). The fraction of sp³-hybridized carbons (Fsp3) is 0.333. The predicted octanol–water partition coefficient (Wildman–Crippen LogP) is 1.21. The topological polar surface area (TPSA) is 86.6 Å². The lowest BCUT2D eigenvalue weighted by Gasteiger charge is -2.18. The molecule has 18 heavy (non-hydrogen) atoms. The summed E-state index contributed by atoms with van der Waals surface area (Å²) in [5.74, 6) is -1.87. The van der Waals surface area contributed by atoms with Crippen LogP contribution in [0, 0.1) is 6.92 Å². The summed E-state index contributed by atoms with van der Waals surface area (Å²) in [4.78, 5) is 22.5. The predicted molar refractivity (Wildman–Crippen MR) is 66.8 cm³/mol. The number of halogens is 1. The third kappa shape index (κ3) is 3.21. The Morgan fingerprint density at radius 1 is 1.44 bits per heavy atom. The van der Waals surface area contributed by atoms with Gasteiger partial charge in [-0.2, -0.15) is 0 Å². The van der Waals surface area contributed by atoms with Gasteiger partial charge in [0.25, 0.3) is 5.91 Å². The summed E-state index contributed by atoms with van der Waals surface area (Å²) in [7, 11) is 0. The van der Waals surface area contributed by atoms with Crippen molar-refractivity contribution in [2.45, 2.75) is 19.4 Å². The SMILES string of the molecule is Cc1c(Cl)cccc1C(=O)NCC(C)(O)C(=O)O. The van der Waals surface area contributed by atoms with E-state index in [0.29, 0.717) is 16.1 Å². The van der Waals surface area contributed by atoms with Gasteiger partial charge in [-0.15, -0.1) is 0 Å². The van der Waals surface area contributed by atoms with Gasteiger partial charge in [-0.05, 0) is 31.5 Å². The first kappa shape index (κ1) is 14.5. The van der Waals surface area contributed by atoms with Crippen LogP contribution in [0.1, 0.15) is 22.8 Å². The zero-order valence-corrected chi connectivity index (χ0v) is 10.8. The highest BCUT2D eigenvalue weighted by Crippen LogP contribution is 2.18. The van der Waals surface area contributed by atoms with Crippen LogP contribution in [0.2, 0.25) is 5.02 Å². The Balaban J connectivity index is 2.78. The van der Waals surface area contributed by atoms with Crippen molar-refractivity contribution in [1.82, 2.24) is 5.32 Å². The van der Waals surface area contributed by atoms with Gasteiger partial charge in [0.05, 0.1) is 6.54 Å². The van der Waals surface area contributed by atoms with E-state index >= 15 is 0 Å². The minimum Gasteiger partial charge on any atom is -0.479 e. The van der Waals surface area contributed by atoms with Gasteiger partial charge >= 0.3 is 5.97 Å². The average Bonchev–Trinajstić information content (AvgIpc) is 2.29. The maximum Gasteiger partial charge on any atom is 0.337 e. The van der Waals surface area contributed by atoms with Gasteiger partial charge in [-0.3, -0.25) is 4.79 Å². The molecule has 1 unspecified atom stereocenters. The molecule has 1 aromatic rings. The molecule has 0 aliphatic rings. The number of benzene rings is 1. The molecule has 0 bridgehead atoms. The van der Waals surface area contributed by atoms with E-state index in [2.05, 4.69) is 5.32 Å². The third-order valence-corrected chi connectivity index (χ3v) is 2.98. The summed E-state index contributed by atoms with van der Waals surface area (Å²) in [6.07, 6.45) is 0. The first-order chi connectivity index (χ1) is 8.25. The second-order valence-electron chi connectivity index (χ2n) is 4.17. The molecule has 0 fully saturated rings. The molecule has 1 aromatic carbocycles. The van der Waals surface area contributed by atoms with E-state index < -0.39 is 17.5 Å². The molecule has 3 N–H and O–H groups in total. The minimum atomic E-state index is -2.00. The molecule has 0 heterocycles. The van der Waals surface area contributed by atoms with E-state index in [9.17, 15) is 14.7 Å². The zero-order valence-electron chi connectivity index (χ0n) is 10.0. The van der Waals surface area contributed by atoms with Crippen molar-refractivity contribution in [2.24, 2.45) is 0 Å². The standard InChI is InChI=1S/C12H14ClNO4/c1-7-8(4-3-5-9(7)13)10(15)14-6-12(2,18)11(16)17/h3-5,18H,6H2,1-2H3,(H,14,15)(H,16,17). The van der Waals surface area contributed by atoms with E-state index in [-0.39, 0.29) is 6.54 Å². The van der Waals surface area contributed by atoms with E-state index in [1.165, 1.54) is 0 Å². The molecular weight excluding hydrogens is 258 g/mol. The van der Waals surface area contributed by atoms with Crippen LogP contribution >= 0.6 is 11.6 Å². The van der Waals surface area contributed by atoms with Crippen molar-refractivity contribution >= 4 is 23.5 Å². The molecule has 1 atom stereocenters. The summed E-state index contributed by atoms with van der Waals surface area (Å²) in [5, 5.41) is 21.0. The molecule has 0 radical (unpaired) electrons. The molecule has 0 aliphatic heterocycles. The molecule has 0 saturated heterocycles. The second kappa shape index (κ2) is 5.37. The monoisotopic (exact) mass is 271 g/mol. The Hall–Kier alpha value is -1.59. The summed E-state index contributed by atoms with van der Waals surface area (Å²) in [6.45, 7) is 2.42. The number of aliphatic carboxylic acids is 1. The normalized spacial score (nSPS) is 13.8. The quantitative estimate of drug-likeness (QED) is 0.768. The Labute approximate surface area is 109 Å². The number of carbonyl (C=O) groups excluding carboxylic acids is 1. The van der Waals surface area contributed by atoms with Crippen LogP contribution in [0.25, 0.3) is 0 Å². The van der Waals surface area contributed by atoms with Crippen molar-refractivity contribution in [3.63, 3.8) is 0 Å². The van der Waals surface area contributed by atoms with Gasteiger partial charge in [0, 0.05) is 10.6 Å². The van der Waals surface area contributed by atoms with Crippen LogP contribution in [-0.2, 0) is 4.79 Å². The van der Waals surface area contributed by atoms with Crippen LogP contribution < -0.4 is 5.32 Å². The number of rotatable bonds is 4. The summed E-state index contributed by atoms with van der Waals surface area (Å²) in [5.41, 5.74) is -1.04. The van der Waals surface area contributed by atoms with Gasteiger partial charge in [0.15, 0.2) is 5.60 Å². The highest BCUT2D eigenvalue weighted by Gasteiger charge is 2.30. The molecule has 1 amide bonds. The van der Waals surface area contributed by atoms with Gasteiger partial charge in [0.1, 0.15) is 0 Å². The number of aliphatic hydroxyl groups is 1. The van der Waals surface area contributed by atoms with Crippen LogP contribution in [0.5, 0.6) is 0 Å². The highest BCUT2D eigenvalue weighted by molar-refractivity contribution is 6.31. The van der Waals surface area contributed by atoms with E-state index in [1.807, 2.05) is 0 Å². The van der Waals surface area contributed by atoms with Crippen molar-refractivity contribution in [1.29, 1.82) is 0 Å². The van der Waals surface area contributed by atoms with Crippen LogP contribution in [-0.4, -0.2) is 34.2 Å². The van der Waals surface area contributed by atoms with Crippen molar-refractivity contribution in [3.05, 3.63) is 34.3 Å². The molecule has 5 nitrogen and oxygen atoms in total. The Morgan fingerprint density at radius 3 is 2.61 bits per heavy atom. The van der Waals surface area contributed by atoms with Crippen LogP contribution in [0.15, 0.2) is 18.2 Å². The zero-order chi connectivity index (χ0) is 13.9. The van der Waals surface area contributed by atoms with Gasteiger partial charge < -0.3 is 15.5 Å². The van der Waals surface area contributed by atoms with Gasteiger partial charge in [0.2, 0.25) is 0 Å². The third-order valence-electron chi connectivity index (χ3n) is 2.57. The molecular formula is C12H14ClNO4. The molecule has 0 spiro atoms. The summed E-state index contributed by atoms with van der Waals surface area (Å²) >= 11 is 5.87. The fourth-order valence-corrected chi connectivity index (χ4v) is 1.45. The number of hydrogen-bond acceptors (Lipinski definition) is 3. The average molecular weight is 272 g/mol. The maximum absolute atomic E-state index is 11.8. The molecule has 0 aromatic heterocycles. The van der Waals surface area contributed by atoms with Crippen molar-refractivity contribution in [2.75, 3.05) is 6.54 Å². The largest absolute Gasteiger partial charge is 0.479 e. The lowest BCUT2D eigenvalue weighted by Crippen LogP contribution is -2.46. The van der Waals surface area contributed by atoms with Crippen LogP contribution in [0.3, 0.4) is 0 Å². The number of carbonyl (C=O) groups is 2. The first-order valence-corrected chi connectivity index (χ1v) is 5.62. The van der Waals surface area contributed by atoms with Crippen molar-refractivity contribution in [3.8, 4) is 0 Å². The number of hydrogen-bond donors (Lipinski definition) is 3. The lowest BCUT2D eigenvalue weighted by atomic mass is 10.1. The van der Waals surface area contributed by atoms with Crippen LogP contribution in [0.4, 0.5) is 0 Å². The smallest absolute Gasteiger partial charge is 0.337 e.